The number of nitrogens with zero attached hydrogens (tertiary/aromatic N) is 4. The molecule has 2 aromatic rings. The summed E-state index contributed by atoms with van der Waals surface area (Å²) >= 11 is 0. The van der Waals surface area contributed by atoms with E-state index in [1.54, 1.807) is 24.1 Å². The quantitative estimate of drug-likeness (QED) is 0.690. The van der Waals surface area contributed by atoms with Crippen molar-refractivity contribution in [3.63, 3.8) is 0 Å². The van der Waals surface area contributed by atoms with E-state index in [0.29, 0.717) is 37.6 Å². The van der Waals surface area contributed by atoms with Crippen LogP contribution >= 0.6 is 0 Å². The number of benzene rings is 1. The van der Waals surface area contributed by atoms with Crippen molar-refractivity contribution >= 4 is 22.0 Å². The second-order valence-corrected chi connectivity index (χ2v) is 8.82. The molecule has 2 aliphatic rings. The minimum Gasteiger partial charge on any atom is -0.454 e. The zero-order valence-electron chi connectivity index (χ0n) is 16.0. The average Bonchev–Trinajstić information content (AvgIpc) is 3.27. The number of carbonyl (C=O) groups excluding carboxylic acids is 1. The number of amides is 1. The molecule has 0 bridgehead atoms. The molecule has 0 unspecified atom stereocenters. The van der Waals surface area contributed by atoms with Gasteiger partial charge in [-0.25, -0.2) is 8.42 Å². The SMILES string of the molecule is Cn1cc(S(=O)(=O)N2CCCN(C(=O)/C=C/c3ccc4c(c3)OCO4)CC2)cn1. The van der Waals surface area contributed by atoms with Crippen LogP contribution in [0.1, 0.15) is 12.0 Å². The van der Waals surface area contributed by atoms with Gasteiger partial charge in [0, 0.05) is 45.5 Å². The van der Waals surface area contributed by atoms with Crippen molar-refractivity contribution in [2.75, 3.05) is 33.0 Å². The van der Waals surface area contributed by atoms with Crippen LogP contribution in [0.4, 0.5) is 0 Å². The van der Waals surface area contributed by atoms with Gasteiger partial charge in [-0.3, -0.25) is 9.48 Å². The van der Waals surface area contributed by atoms with Crippen molar-refractivity contribution < 1.29 is 22.7 Å². The molecule has 1 saturated heterocycles. The summed E-state index contributed by atoms with van der Waals surface area (Å²) in [6.45, 7) is 1.66. The number of sulfonamides is 1. The fraction of sp³-hybridized carbons (Fsp3) is 0.368. The Bertz CT molecular complexity index is 1050. The molecule has 0 saturated carbocycles. The van der Waals surface area contributed by atoms with Gasteiger partial charge in [0.1, 0.15) is 4.90 Å². The Balaban J connectivity index is 1.39. The first-order valence-corrected chi connectivity index (χ1v) is 10.7. The Hall–Kier alpha value is -2.85. The molecule has 9 nitrogen and oxygen atoms in total. The smallest absolute Gasteiger partial charge is 0.246 e. The Morgan fingerprint density at radius 1 is 1.14 bits per heavy atom. The molecule has 1 aromatic heterocycles. The highest BCUT2D eigenvalue weighted by atomic mass is 32.2. The van der Waals surface area contributed by atoms with Crippen LogP contribution in [0, 0.1) is 0 Å². The molecule has 1 fully saturated rings. The van der Waals surface area contributed by atoms with E-state index in [1.165, 1.54) is 27.5 Å². The predicted molar refractivity (Wildman–Crippen MR) is 105 cm³/mol. The summed E-state index contributed by atoms with van der Waals surface area (Å²) in [5.41, 5.74) is 0.832. The summed E-state index contributed by atoms with van der Waals surface area (Å²) in [5, 5.41) is 3.94. The van der Waals surface area contributed by atoms with E-state index in [1.807, 2.05) is 12.1 Å². The molecule has 10 heteroatoms. The molecule has 29 heavy (non-hydrogen) atoms. The summed E-state index contributed by atoms with van der Waals surface area (Å²) in [6.07, 6.45) is 6.62. The Morgan fingerprint density at radius 2 is 1.97 bits per heavy atom. The first-order valence-electron chi connectivity index (χ1n) is 9.29. The molecule has 1 aromatic carbocycles. The predicted octanol–water partition coefficient (Wildman–Crippen LogP) is 1.09. The highest BCUT2D eigenvalue weighted by Crippen LogP contribution is 2.32. The van der Waals surface area contributed by atoms with Gasteiger partial charge in [-0.1, -0.05) is 6.07 Å². The molecule has 154 valence electrons. The fourth-order valence-corrected chi connectivity index (χ4v) is 4.78. The normalized spacial score (nSPS) is 17.6. The van der Waals surface area contributed by atoms with E-state index in [-0.39, 0.29) is 24.1 Å². The van der Waals surface area contributed by atoms with E-state index in [2.05, 4.69) is 5.10 Å². The minimum atomic E-state index is -3.61. The van der Waals surface area contributed by atoms with Crippen LogP contribution in [0.25, 0.3) is 6.08 Å². The van der Waals surface area contributed by atoms with Crippen molar-refractivity contribution in [2.24, 2.45) is 7.05 Å². The van der Waals surface area contributed by atoms with Gasteiger partial charge in [0.25, 0.3) is 0 Å². The van der Waals surface area contributed by atoms with Crippen molar-refractivity contribution in [3.05, 3.63) is 42.2 Å². The minimum absolute atomic E-state index is 0.150. The number of ether oxygens (including phenoxy) is 2. The average molecular weight is 418 g/mol. The number of hydrogen-bond acceptors (Lipinski definition) is 6. The van der Waals surface area contributed by atoms with Gasteiger partial charge in [-0.15, -0.1) is 0 Å². The van der Waals surface area contributed by atoms with Crippen molar-refractivity contribution in [2.45, 2.75) is 11.3 Å². The zero-order valence-corrected chi connectivity index (χ0v) is 16.8. The van der Waals surface area contributed by atoms with Crippen LogP contribution in [-0.2, 0) is 21.9 Å². The molecule has 2 aliphatic heterocycles. The topological polar surface area (TPSA) is 94.0 Å². The molecule has 0 aliphatic carbocycles. The summed E-state index contributed by atoms with van der Waals surface area (Å²) in [4.78, 5) is 14.4. The van der Waals surface area contributed by atoms with E-state index in [0.717, 1.165) is 5.56 Å². The number of hydrogen-bond donors (Lipinski definition) is 0. The van der Waals surface area contributed by atoms with Gasteiger partial charge >= 0.3 is 0 Å². The number of carbonyl (C=O) groups is 1. The standard InChI is InChI=1S/C19H22N4O5S/c1-21-13-16(12-20-21)29(25,26)23-8-2-7-22(9-10-23)19(24)6-4-15-3-5-17-18(11-15)28-14-27-17/h3-6,11-13H,2,7-10,14H2,1H3/b6-4+. The molecule has 1 amide bonds. The summed E-state index contributed by atoms with van der Waals surface area (Å²) in [6, 6.07) is 5.47. The third-order valence-electron chi connectivity index (χ3n) is 4.90. The molecule has 3 heterocycles. The Labute approximate surface area is 169 Å². The van der Waals surface area contributed by atoms with Crippen LogP contribution < -0.4 is 9.47 Å². The maximum atomic E-state index is 12.8. The first kappa shape index (κ1) is 19.5. The third-order valence-corrected chi connectivity index (χ3v) is 6.75. The van der Waals surface area contributed by atoms with Crippen molar-refractivity contribution in [1.29, 1.82) is 0 Å². The van der Waals surface area contributed by atoms with Gasteiger partial charge < -0.3 is 14.4 Å². The lowest BCUT2D eigenvalue weighted by Crippen LogP contribution is -2.36. The Kier molecular flexibility index (Phi) is 5.29. The second-order valence-electron chi connectivity index (χ2n) is 6.88. The molecular formula is C19H22N4O5S. The highest BCUT2D eigenvalue weighted by molar-refractivity contribution is 7.89. The van der Waals surface area contributed by atoms with Gasteiger partial charge in [0.15, 0.2) is 11.5 Å². The van der Waals surface area contributed by atoms with Crippen LogP contribution in [0.3, 0.4) is 0 Å². The fourth-order valence-electron chi connectivity index (χ4n) is 3.33. The zero-order chi connectivity index (χ0) is 20.4. The number of aryl methyl sites for hydroxylation is 1. The molecule has 0 spiro atoms. The number of rotatable bonds is 4. The lowest BCUT2D eigenvalue weighted by Gasteiger charge is -2.20. The first-order chi connectivity index (χ1) is 13.9. The second kappa shape index (κ2) is 7.88. The van der Waals surface area contributed by atoms with E-state index in [9.17, 15) is 13.2 Å². The third kappa shape index (κ3) is 4.13. The molecule has 4 rings (SSSR count). The van der Waals surface area contributed by atoms with Crippen molar-refractivity contribution in [3.8, 4) is 11.5 Å². The van der Waals surface area contributed by atoms with Crippen LogP contribution in [0.2, 0.25) is 0 Å². The molecular weight excluding hydrogens is 396 g/mol. The number of aromatic nitrogens is 2. The molecule has 0 N–H and O–H groups in total. The largest absolute Gasteiger partial charge is 0.454 e. The monoisotopic (exact) mass is 418 g/mol. The van der Waals surface area contributed by atoms with Crippen LogP contribution in [0.15, 0.2) is 41.6 Å². The molecule has 0 atom stereocenters. The lowest BCUT2D eigenvalue weighted by atomic mass is 10.2. The number of fused-ring (bicyclic) bond motifs is 1. The van der Waals surface area contributed by atoms with Gasteiger partial charge in [-0.05, 0) is 30.2 Å². The maximum Gasteiger partial charge on any atom is 0.246 e. The summed E-state index contributed by atoms with van der Waals surface area (Å²) in [5.74, 6) is 1.20. The Morgan fingerprint density at radius 3 is 2.76 bits per heavy atom. The molecule has 0 radical (unpaired) electrons. The van der Waals surface area contributed by atoms with Gasteiger partial charge in [0.05, 0.1) is 6.20 Å². The van der Waals surface area contributed by atoms with E-state index in [4.69, 9.17) is 9.47 Å². The van der Waals surface area contributed by atoms with Gasteiger partial charge in [-0.2, -0.15) is 9.40 Å². The summed E-state index contributed by atoms with van der Waals surface area (Å²) < 4.78 is 39.0. The highest BCUT2D eigenvalue weighted by Gasteiger charge is 2.28. The van der Waals surface area contributed by atoms with Gasteiger partial charge in [0.2, 0.25) is 22.7 Å². The lowest BCUT2D eigenvalue weighted by molar-refractivity contribution is -0.125. The van der Waals surface area contributed by atoms with Crippen LogP contribution in [-0.4, -0.2) is 66.3 Å². The summed E-state index contributed by atoms with van der Waals surface area (Å²) in [7, 11) is -1.93. The maximum absolute atomic E-state index is 12.8. The van der Waals surface area contributed by atoms with Crippen molar-refractivity contribution in [1.82, 2.24) is 19.0 Å². The van der Waals surface area contributed by atoms with Crippen LogP contribution in [0.5, 0.6) is 11.5 Å². The van der Waals surface area contributed by atoms with E-state index >= 15 is 0 Å². The van der Waals surface area contributed by atoms with E-state index < -0.39 is 10.0 Å².